The molecular formula is C102H106N6O18. The van der Waals surface area contributed by atoms with Gasteiger partial charge in [-0.05, 0) is 138 Å². The van der Waals surface area contributed by atoms with E-state index in [2.05, 4.69) is 20.5 Å². The van der Waals surface area contributed by atoms with Crippen LogP contribution in [-0.2, 0) is 79.9 Å². The number of rotatable bonds is 2. The van der Waals surface area contributed by atoms with Gasteiger partial charge in [-0.15, -0.1) is 20.5 Å². The number of phenols is 4. The van der Waals surface area contributed by atoms with E-state index in [4.69, 9.17) is 56.8 Å². The van der Waals surface area contributed by atoms with E-state index in [1.165, 1.54) is 9.80 Å². The summed E-state index contributed by atoms with van der Waals surface area (Å²) in [4.78, 5) is 21.8. The van der Waals surface area contributed by atoms with Crippen LogP contribution >= 0.6 is 0 Å². The molecule has 0 spiro atoms. The maximum absolute atomic E-state index is 11.7. The fraction of sp³-hybridized carbons (Fsp3) is 0.275. The molecule has 4 heterocycles. The fourth-order valence-corrected chi connectivity index (χ4v) is 14.7. The van der Waals surface area contributed by atoms with Crippen molar-refractivity contribution < 1.29 is 86.9 Å². The first-order valence-corrected chi connectivity index (χ1v) is 42.1. The third kappa shape index (κ3) is 25.2. The van der Waals surface area contributed by atoms with Crippen molar-refractivity contribution >= 4 is 35.6 Å². The van der Waals surface area contributed by atoms with Crippen LogP contribution in [0.4, 0.5) is 22.7 Å². The Bertz CT molecular complexity index is 4820. The summed E-state index contributed by atoms with van der Waals surface area (Å²) in [7, 11) is 6.75. The highest BCUT2D eigenvalue weighted by molar-refractivity contribution is 5.61. The summed E-state index contributed by atoms with van der Waals surface area (Å²) in [5.41, 5.74) is 16.0. The summed E-state index contributed by atoms with van der Waals surface area (Å²) in [6.07, 6.45) is 5.02. The lowest BCUT2D eigenvalue weighted by Crippen LogP contribution is -2.14. The van der Waals surface area contributed by atoms with E-state index < -0.39 is 0 Å². The Kier molecular flexibility index (Phi) is 33.3. The van der Waals surface area contributed by atoms with Gasteiger partial charge in [-0.2, -0.15) is 0 Å². The van der Waals surface area contributed by atoms with Gasteiger partial charge < -0.3 is 87.1 Å². The lowest BCUT2D eigenvalue weighted by atomic mass is 9.91. The van der Waals surface area contributed by atoms with Crippen molar-refractivity contribution in [3.05, 3.63) is 332 Å². The molecular weight excluding hydrogens is 1600 g/mol. The van der Waals surface area contributed by atoms with E-state index in [0.29, 0.717) is 199 Å². The average Bonchev–Trinajstić information content (AvgIpc) is 0.793. The van der Waals surface area contributed by atoms with Crippen LogP contribution in [0.25, 0.3) is 0 Å². The van der Waals surface area contributed by atoms with E-state index in [1.54, 1.807) is 28.2 Å². The van der Waals surface area contributed by atoms with Crippen molar-refractivity contribution in [2.75, 3.05) is 134 Å². The number of amides is 2. The van der Waals surface area contributed by atoms with Crippen molar-refractivity contribution in [1.29, 1.82) is 0 Å². The van der Waals surface area contributed by atoms with Crippen LogP contribution in [0.1, 0.15) is 89.0 Å². The van der Waals surface area contributed by atoms with Gasteiger partial charge in [0.05, 0.1) is 52.9 Å². The second-order valence-electron chi connectivity index (χ2n) is 30.4. The predicted octanol–water partition coefficient (Wildman–Crippen LogP) is 18.3. The number of fused-ring (bicyclic) bond motifs is 24. The predicted molar refractivity (Wildman–Crippen MR) is 482 cm³/mol. The van der Waals surface area contributed by atoms with Gasteiger partial charge in [0.2, 0.25) is 12.8 Å². The normalized spacial score (nSPS) is 14.6. The Morgan fingerprint density at radius 2 is 0.365 bits per heavy atom. The standard InChI is InChI=1S/2C48H46N2O8.2C3H7NO/c2*51-45-33-9-5-11-35(45)31-39-15-8-16-40-32-36-12-6-10-34(46(36)52)30-38-14-7-13-37(29-33)47(38)57-27-23-53-21-25-55-43-19-3-1-17-41(43)49-50-42-18-2-4-20-44(42)56-26-22-54-24-28-58-48(39)40;2*1-4(2)3-5/h2*1-20,51-52H,21-32H2;2*3H,1-2H3. The molecule has 4 aliphatic heterocycles. The topological polar surface area (TPSA) is 282 Å². The Morgan fingerprint density at radius 1 is 0.214 bits per heavy atom. The monoisotopic (exact) mass is 1700 g/mol. The minimum atomic E-state index is 0.240. The van der Waals surface area contributed by atoms with Crippen molar-refractivity contribution in [3.63, 3.8) is 0 Å². The second-order valence-corrected chi connectivity index (χ2v) is 30.4. The maximum atomic E-state index is 11.7. The lowest BCUT2D eigenvalue weighted by molar-refractivity contribution is -0.116. The Labute approximate surface area is 734 Å². The van der Waals surface area contributed by atoms with Crippen molar-refractivity contribution in [2.45, 2.75) is 51.4 Å². The van der Waals surface area contributed by atoms with Gasteiger partial charge in [-0.25, -0.2) is 0 Å². The fourth-order valence-electron chi connectivity index (χ4n) is 14.7. The number of aromatic hydroxyl groups is 4. The molecule has 12 aromatic carbocycles. The number of ether oxygens (including phenoxy) is 12. The van der Waals surface area contributed by atoms with Gasteiger partial charge >= 0.3 is 0 Å². The summed E-state index contributed by atoms with van der Waals surface area (Å²) in [6.45, 7) is 4.98. The number of phenolic OH excluding ortho intramolecular Hbond substituents is 4. The van der Waals surface area contributed by atoms with E-state index in [0.717, 1.165) is 102 Å². The van der Waals surface area contributed by atoms with Crippen LogP contribution in [0.15, 0.2) is 263 Å². The van der Waals surface area contributed by atoms with Gasteiger partial charge in [0.1, 0.15) is 145 Å². The molecule has 12 aromatic rings. The molecule has 0 radical (unpaired) electrons. The quantitative estimate of drug-likeness (QED) is 0.0924. The molecule has 2 amide bonds. The number of hydrogen-bond donors (Lipinski definition) is 4. The summed E-state index contributed by atoms with van der Waals surface area (Å²) in [6, 6.07) is 77.6. The van der Waals surface area contributed by atoms with E-state index in [9.17, 15) is 30.0 Å². The highest BCUT2D eigenvalue weighted by Crippen LogP contribution is 2.43. The van der Waals surface area contributed by atoms with Crippen molar-refractivity contribution in [3.8, 4) is 69.0 Å². The molecule has 0 saturated heterocycles. The van der Waals surface area contributed by atoms with Crippen molar-refractivity contribution in [1.82, 2.24) is 9.80 Å². The Morgan fingerprint density at radius 3 is 0.532 bits per heavy atom. The molecule has 24 heteroatoms. The van der Waals surface area contributed by atoms with Crippen molar-refractivity contribution in [2.24, 2.45) is 20.5 Å². The molecule has 0 atom stereocenters. The minimum Gasteiger partial charge on any atom is -0.507 e. The van der Waals surface area contributed by atoms with Crippen LogP contribution in [0.5, 0.6) is 69.0 Å². The molecule has 4 N–H and O–H groups in total. The van der Waals surface area contributed by atoms with Crippen LogP contribution < -0.4 is 37.9 Å². The largest absolute Gasteiger partial charge is 0.507 e. The Balaban J connectivity index is 0.000000195. The smallest absolute Gasteiger partial charge is 0.209 e. The molecule has 6 aliphatic rings. The summed E-state index contributed by atoms with van der Waals surface area (Å²) in [5, 5.41) is 65.0. The van der Waals surface area contributed by atoms with E-state index in [1.807, 2.05) is 243 Å². The summed E-state index contributed by atoms with van der Waals surface area (Å²) >= 11 is 0. The molecule has 0 saturated carbocycles. The molecule has 20 bridgehead atoms. The van der Waals surface area contributed by atoms with Crippen LogP contribution in [0, 0.1) is 0 Å². The first kappa shape index (κ1) is 90.0. The van der Waals surface area contributed by atoms with E-state index in [-0.39, 0.29) is 49.4 Å². The molecule has 0 unspecified atom stereocenters. The highest BCUT2D eigenvalue weighted by atomic mass is 16.6. The van der Waals surface area contributed by atoms with Crippen LogP contribution in [0.3, 0.4) is 0 Å². The summed E-state index contributed by atoms with van der Waals surface area (Å²) < 4.78 is 74.2. The molecule has 126 heavy (non-hydrogen) atoms. The number of carbonyl (C=O) groups is 2. The number of benzene rings is 12. The van der Waals surface area contributed by atoms with Gasteiger partial charge in [-0.3, -0.25) is 9.59 Å². The minimum absolute atomic E-state index is 0.240. The molecule has 652 valence electrons. The third-order valence-corrected chi connectivity index (χ3v) is 20.8. The zero-order chi connectivity index (χ0) is 87.6. The van der Waals surface area contributed by atoms with Gasteiger partial charge in [0.15, 0.2) is 0 Å². The molecule has 2 aliphatic carbocycles. The van der Waals surface area contributed by atoms with E-state index >= 15 is 0 Å². The zero-order valence-corrected chi connectivity index (χ0v) is 71.4. The molecule has 0 fully saturated rings. The third-order valence-electron chi connectivity index (χ3n) is 20.8. The molecule has 0 aromatic heterocycles. The number of para-hydroxylation sites is 12. The second kappa shape index (κ2) is 46.6. The van der Waals surface area contributed by atoms with Gasteiger partial charge in [0, 0.05) is 79.6 Å². The average molecular weight is 1700 g/mol. The van der Waals surface area contributed by atoms with Gasteiger partial charge in [-0.1, -0.05) is 194 Å². The number of azo groups is 2. The number of carbonyl (C=O) groups excluding carboxylic acids is 2. The van der Waals surface area contributed by atoms with Crippen LogP contribution in [0.2, 0.25) is 0 Å². The lowest BCUT2D eigenvalue weighted by Gasteiger charge is -2.20. The maximum Gasteiger partial charge on any atom is 0.209 e. The number of hydrogen-bond acceptors (Lipinski definition) is 22. The molecule has 24 nitrogen and oxygen atoms in total. The zero-order valence-electron chi connectivity index (χ0n) is 71.4. The van der Waals surface area contributed by atoms with Gasteiger partial charge in [0.25, 0.3) is 0 Å². The Hall–Kier alpha value is -13.8. The first-order valence-electron chi connectivity index (χ1n) is 42.1. The number of nitrogens with zero attached hydrogens (tertiary/aromatic N) is 6. The highest BCUT2D eigenvalue weighted by Gasteiger charge is 2.25. The first-order chi connectivity index (χ1) is 61.7. The summed E-state index contributed by atoms with van der Waals surface area (Å²) in [5.74, 6) is 6.14. The molecule has 18 rings (SSSR count). The van der Waals surface area contributed by atoms with Crippen LogP contribution in [-0.4, -0.2) is 177 Å². The SMILES string of the molecule is CN(C)C=O.CN(C)C=O.Oc1c2cccc1Cc1cccc3c1OCCOCCOc1ccccc1N=Nc1ccccc1OCCOCCOc1c(cccc1Cc1cccc(c1O)C3)C2.Oc1c2cccc1Cc1cccc3c1OCCOCCOc1ccccc1N=Nc1ccccc1OCCOCCOc1c(cccc1Cc1cccc(c1O)C3)C2.